The van der Waals surface area contributed by atoms with E-state index in [0.29, 0.717) is 19.4 Å². The lowest BCUT2D eigenvalue weighted by molar-refractivity contribution is -0.141. The third-order valence-corrected chi connectivity index (χ3v) is 6.17. The van der Waals surface area contributed by atoms with Crippen LogP contribution in [0.3, 0.4) is 0 Å². The Labute approximate surface area is 162 Å². The molecule has 148 valence electrons. The topological polar surface area (TPSA) is 58.6 Å². The van der Waals surface area contributed by atoms with E-state index in [4.69, 9.17) is 4.74 Å². The Morgan fingerprint density at radius 1 is 1.19 bits per heavy atom. The zero-order chi connectivity index (χ0) is 19.3. The van der Waals surface area contributed by atoms with Crippen molar-refractivity contribution in [3.8, 4) is 5.75 Å². The second-order valence-electron chi connectivity index (χ2n) is 8.08. The molecule has 3 rings (SSSR count). The molecule has 1 aliphatic carbocycles. The molecule has 1 heterocycles. The van der Waals surface area contributed by atoms with Gasteiger partial charge in [0.05, 0.1) is 13.7 Å². The maximum absolute atomic E-state index is 13.2. The molecule has 5 heteroatoms. The van der Waals surface area contributed by atoms with Crippen molar-refractivity contribution in [2.45, 2.75) is 82.8 Å². The lowest BCUT2D eigenvalue weighted by atomic mass is 9.93. The van der Waals surface area contributed by atoms with E-state index < -0.39 is 5.54 Å². The van der Waals surface area contributed by atoms with Crippen LogP contribution in [0.1, 0.15) is 70.3 Å². The molecule has 0 aromatic heterocycles. The number of benzene rings is 1. The number of para-hydroxylation sites is 1. The first-order chi connectivity index (χ1) is 13.0. The first-order valence-corrected chi connectivity index (χ1v) is 10.3. The smallest absolute Gasteiger partial charge is 0.245 e. The van der Waals surface area contributed by atoms with Gasteiger partial charge in [-0.05, 0) is 32.3 Å². The molecule has 2 amide bonds. The Hall–Kier alpha value is -2.04. The van der Waals surface area contributed by atoms with Gasteiger partial charge in [-0.25, -0.2) is 0 Å². The number of carbonyl (C=O) groups excluding carboxylic acids is 2. The van der Waals surface area contributed by atoms with Crippen molar-refractivity contribution in [3.63, 3.8) is 0 Å². The highest BCUT2D eigenvalue weighted by atomic mass is 16.5. The lowest BCUT2D eigenvalue weighted by Gasteiger charge is -2.36. The maximum atomic E-state index is 13.2. The van der Waals surface area contributed by atoms with Gasteiger partial charge in [-0.15, -0.1) is 0 Å². The van der Waals surface area contributed by atoms with E-state index in [0.717, 1.165) is 24.2 Å². The van der Waals surface area contributed by atoms with Gasteiger partial charge in [0.1, 0.15) is 11.3 Å². The largest absolute Gasteiger partial charge is 0.496 e. The van der Waals surface area contributed by atoms with Crippen LogP contribution in [0, 0.1) is 0 Å². The summed E-state index contributed by atoms with van der Waals surface area (Å²) >= 11 is 0. The highest BCUT2D eigenvalue weighted by Crippen LogP contribution is 2.34. The molecule has 0 spiro atoms. The van der Waals surface area contributed by atoms with Crippen LogP contribution in [0.2, 0.25) is 0 Å². The second-order valence-corrected chi connectivity index (χ2v) is 8.08. The normalized spacial score (nSPS) is 24.4. The van der Waals surface area contributed by atoms with Crippen LogP contribution in [-0.2, 0) is 16.1 Å². The fraction of sp³-hybridized carbons (Fsp3) is 0.636. The molecule has 2 aliphatic rings. The van der Waals surface area contributed by atoms with E-state index in [1.165, 1.54) is 32.1 Å². The Morgan fingerprint density at radius 3 is 2.56 bits per heavy atom. The summed E-state index contributed by atoms with van der Waals surface area (Å²) < 4.78 is 5.43. The molecule has 5 nitrogen and oxygen atoms in total. The molecule has 0 unspecified atom stereocenters. The average molecular weight is 373 g/mol. The Kier molecular flexibility index (Phi) is 6.40. The first kappa shape index (κ1) is 19.7. The summed E-state index contributed by atoms with van der Waals surface area (Å²) in [5.41, 5.74) is 0.139. The van der Waals surface area contributed by atoms with Gasteiger partial charge in [-0.3, -0.25) is 9.59 Å². The minimum atomic E-state index is -0.791. The zero-order valence-corrected chi connectivity index (χ0v) is 16.6. The number of rotatable bonds is 5. The summed E-state index contributed by atoms with van der Waals surface area (Å²) in [7, 11) is 1.63. The highest BCUT2D eigenvalue weighted by Gasteiger charge is 2.47. The number of methoxy groups -OCH3 is 1. The fourth-order valence-corrected chi connectivity index (χ4v) is 4.34. The molecule has 1 saturated carbocycles. The number of likely N-dealkylation sites (tertiary alicyclic amines) is 1. The van der Waals surface area contributed by atoms with Crippen molar-refractivity contribution >= 4 is 11.8 Å². The molecule has 0 bridgehead atoms. The van der Waals surface area contributed by atoms with Crippen molar-refractivity contribution in [2.75, 3.05) is 7.11 Å². The van der Waals surface area contributed by atoms with Crippen LogP contribution in [0.5, 0.6) is 5.75 Å². The second kappa shape index (κ2) is 8.77. The number of nitrogens with zero attached hydrogens (tertiary/aromatic N) is 1. The summed E-state index contributed by atoms with van der Waals surface area (Å²) in [6, 6.07) is 7.93. The third kappa shape index (κ3) is 4.45. The van der Waals surface area contributed by atoms with Gasteiger partial charge in [0, 0.05) is 18.0 Å². The van der Waals surface area contributed by atoms with Gasteiger partial charge >= 0.3 is 0 Å². The average Bonchev–Trinajstić information content (AvgIpc) is 2.94. The Bertz CT molecular complexity index is 667. The molecule has 1 N–H and O–H groups in total. The Balaban J connectivity index is 1.73. The van der Waals surface area contributed by atoms with E-state index >= 15 is 0 Å². The van der Waals surface area contributed by atoms with Crippen LogP contribution in [-0.4, -0.2) is 35.4 Å². The lowest BCUT2D eigenvalue weighted by Crippen LogP contribution is -2.56. The number of carbonyl (C=O) groups is 2. The van der Waals surface area contributed by atoms with Gasteiger partial charge in [-0.1, -0.05) is 50.3 Å². The van der Waals surface area contributed by atoms with E-state index in [-0.39, 0.29) is 17.9 Å². The molecule has 1 saturated heterocycles. The van der Waals surface area contributed by atoms with Gasteiger partial charge < -0.3 is 15.0 Å². The zero-order valence-electron chi connectivity index (χ0n) is 16.6. The van der Waals surface area contributed by atoms with Gasteiger partial charge in [0.15, 0.2) is 0 Å². The van der Waals surface area contributed by atoms with Crippen molar-refractivity contribution < 1.29 is 14.3 Å². The van der Waals surface area contributed by atoms with Crippen molar-refractivity contribution in [1.82, 2.24) is 10.2 Å². The highest BCUT2D eigenvalue weighted by molar-refractivity contribution is 5.94. The van der Waals surface area contributed by atoms with Crippen molar-refractivity contribution in [1.29, 1.82) is 0 Å². The molecule has 2 fully saturated rings. The SMILES string of the molecule is COc1ccccc1CN1C(=O)CC[C@@]1(C)C(=O)NC1CCCCCCC1. The fourth-order valence-electron chi connectivity index (χ4n) is 4.34. The van der Waals surface area contributed by atoms with E-state index in [1.54, 1.807) is 12.0 Å². The van der Waals surface area contributed by atoms with Gasteiger partial charge in [0.25, 0.3) is 0 Å². The van der Waals surface area contributed by atoms with E-state index in [9.17, 15) is 9.59 Å². The minimum absolute atomic E-state index is 0.00572. The van der Waals surface area contributed by atoms with E-state index in [2.05, 4.69) is 5.32 Å². The van der Waals surface area contributed by atoms with Gasteiger partial charge in [-0.2, -0.15) is 0 Å². The summed E-state index contributed by atoms with van der Waals surface area (Å²) in [5.74, 6) is 0.782. The summed E-state index contributed by atoms with van der Waals surface area (Å²) in [5, 5.41) is 3.27. The predicted octanol–water partition coefficient (Wildman–Crippen LogP) is 3.81. The molecule has 0 radical (unpaired) electrons. The molecular weight excluding hydrogens is 340 g/mol. The number of amides is 2. The summed E-state index contributed by atoms with van der Waals surface area (Å²) in [6.45, 7) is 2.31. The first-order valence-electron chi connectivity index (χ1n) is 10.3. The quantitative estimate of drug-likeness (QED) is 0.855. The van der Waals surface area contributed by atoms with Crippen LogP contribution < -0.4 is 10.1 Å². The Morgan fingerprint density at radius 2 is 1.85 bits per heavy atom. The predicted molar refractivity (Wildman–Crippen MR) is 105 cm³/mol. The molecule has 1 atom stereocenters. The number of nitrogens with one attached hydrogen (secondary N) is 1. The monoisotopic (exact) mass is 372 g/mol. The third-order valence-electron chi connectivity index (χ3n) is 6.17. The number of hydrogen-bond donors (Lipinski definition) is 1. The minimum Gasteiger partial charge on any atom is -0.496 e. The number of hydrogen-bond acceptors (Lipinski definition) is 3. The van der Waals surface area contributed by atoms with Gasteiger partial charge in [0.2, 0.25) is 11.8 Å². The van der Waals surface area contributed by atoms with Crippen LogP contribution in [0.25, 0.3) is 0 Å². The molecule has 27 heavy (non-hydrogen) atoms. The molecule has 1 aromatic carbocycles. The molecule has 1 aromatic rings. The molecular formula is C22H32N2O3. The summed E-state index contributed by atoms with van der Waals surface area (Å²) in [4.78, 5) is 27.5. The molecule has 1 aliphatic heterocycles. The van der Waals surface area contributed by atoms with Crippen LogP contribution >= 0.6 is 0 Å². The summed E-state index contributed by atoms with van der Waals surface area (Å²) in [6.07, 6.45) is 9.23. The standard InChI is InChI=1S/C22H32N2O3/c1-22(21(26)23-18-11-6-4-3-5-7-12-18)15-14-20(25)24(22)16-17-10-8-9-13-19(17)27-2/h8-10,13,18H,3-7,11-12,14-16H2,1-2H3,(H,23,26)/t22-/m0/s1. The van der Waals surface area contributed by atoms with Crippen molar-refractivity contribution in [2.24, 2.45) is 0 Å². The van der Waals surface area contributed by atoms with E-state index in [1.807, 2.05) is 31.2 Å². The van der Waals surface area contributed by atoms with Crippen molar-refractivity contribution in [3.05, 3.63) is 29.8 Å². The van der Waals surface area contributed by atoms with Crippen LogP contribution in [0.4, 0.5) is 0 Å². The number of ether oxygens (including phenoxy) is 1. The maximum Gasteiger partial charge on any atom is 0.245 e. The van der Waals surface area contributed by atoms with Crippen LogP contribution in [0.15, 0.2) is 24.3 Å².